The number of aryl methyl sites for hydroxylation is 1. The molecule has 0 unspecified atom stereocenters. The highest BCUT2D eigenvalue weighted by atomic mass is 19.1. The summed E-state index contributed by atoms with van der Waals surface area (Å²) in [6, 6.07) is 5.33. The van der Waals surface area contributed by atoms with Crippen LogP contribution in [-0.2, 0) is 6.54 Å². The number of nitrogens with zero attached hydrogens (tertiary/aromatic N) is 2. The summed E-state index contributed by atoms with van der Waals surface area (Å²) in [6.07, 6.45) is 7.80. The van der Waals surface area contributed by atoms with E-state index in [1.807, 2.05) is 12.1 Å². The van der Waals surface area contributed by atoms with Gasteiger partial charge in [0.15, 0.2) is 5.96 Å². The standard InChI is InChI=1S/C20H33FN4/c1-17-9-10-18(15-19(17)21)16-24-20(22-2)23-11-5-3-6-12-25-13-7-4-8-14-25/h9-10,15H,3-8,11-14,16H2,1-2H3,(H2,22,23,24). The second-order valence-corrected chi connectivity index (χ2v) is 6.90. The molecular formula is C20H33FN4. The normalized spacial score (nSPS) is 16.0. The van der Waals surface area contributed by atoms with E-state index >= 15 is 0 Å². The van der Waals surface area contributed by atoms with E-state index in [0.717, 1.165) is 24.5 Å². The summed E-state index contributed by atoms with van der Waals surface area (Å²) in [5.41, 5.74) is 1.60. The Morgan fingerprint density at radius 1 is 1.12 bits per heavy atom. The van der Waals surface area contributed by atoms with Gasteiger partial charge in [-0.05, 0) is 69.4 Å². The maximum Gasteiger partial charge on any atom is 0.191 e. The fourth-order valence-electron chi connectivity index (χ4n) is 3.18. The molecule has 2 rings (SSSR count). The zero-order valence-corrected chi connectivity index (χ0v) is 15.8. The maximum absolute atomic E-state index is 13.6. The summed E-state index contributed by atoms with van der Waals surface area (Å²) in [6.45, 7) is 7.08. The number of rotatable bonds is 8. The van der Waals surface area contributed by atoms with Gasteiger partial charge in [0.2, 0.25) is 0 Å². The van der Waals surface area contributed by atoms with E-state index in [4.69, 9.17) is 0 Å². The zero-order valence-electron chi connectivity index (χ0n) is 15.8. The molecule has 5 heteroatoms. The minimum absolute atomic E-state index is 0.157. The Morgan fingerprint density at radius 3 is 2.64 bits per heavy atom. The van der Waals surface area contributed by atoms with Gasteiger partial charge in [-0.2, -0.15) is 0 Å². The number of hydrogen-bond acceptors (Lipinski definition) is 2. The van der Waals surface area contributed by atoms with Crippen molar-refractivity contribution in [3.05, 3.63) is 35.1 Å². The van der Waals surface area contributed by atoms with Crippen molar-refractivity contribution < 1.29 is 4.39 Å². The molecule has 0 aliphatic carbocycles. The average Bonchev–Trinajstić information content (AvgIpc) is 2.64. The fraction of sp³-hybridized carbons (Fsp3) is 0.650. The maximum atomic E-state index is 13.6. The van der Waals surface area contributed by atoms with Gasteiger partial charge in [0.1, 0.15) is 5.82 Å². The first kappa shape index (κ1) is 19.7. The number of benzene rings is 1. The molecule has 1 heterocycles. The molecule has 0 amide bonds. The van der Waals surface area contributed by atoms with Gasteiger partial charge in [-0.15, -0.1) is 0 Å². The highest BCUT2D eigenvalue weighted by Crippen LogP contribution is 2.10. The van der Waals surface area contributed by atoms with Crippen molar-refractivity contribution in [2.45, 2.75) is 52.0 Å². The van der Waals surface area contributed by atoms with Gasteiger partial charge in [-0.1, -0.05) is 25.0 Å². The Morgan fingerprint density at radius 2 is 1.92 bits per heavy atom. The van der Waals surface area contributed by atoms with E-state index in [9.17, 15) is 4.39 Å². The van der Waals surface area contributed by atoms with Crippen molar-refractivity contribution >= 4 is 5.96 Å². The van der Waals surface area contributed by atoms with Crippen molar-refractivity contribution in [3.63, 3.8) is 0 Å². The van der Waals surface area contributed by atoms with Gasteiger partial charge < -0.3 is 15.5 Å². The molecule has 140 valence electrons. The molecule has 1 aromatic rings. The van der Waals surface area contributed by atoms with Crippen LogP contribution in [0.1, 0.15) is 49.7 Å². The lowest BCUT2D eigenvalue weighted by molar-refractivity contribution is 0.224. The molecule has 0 bridgehead atoms. The summed E-state index contributed by atoms with van der Waals surface area (Å²) in [5, 5.41) is 6.57. The highest BCUT2D eigenvalue weighted by molar-refractivity contribution is 5.79. The van der Waals surface area contributed by atoms with Crippen LogP contribution in [0, 0.1) is 12.7 Å². The topological polar surface area (TPSA) is 39.7 Å². The smallest absolute Gasteiger partial charge is 0.191 e. The number of unbranched alkanes of at least 4 members (excludes halogenated alkanes) is 2. The second-order valence-electron chi connectivity index (χ2n) is 6.90. The van der Waals surface area contributed by atoms with Crippen molar-refractivity contribution in [1.82, 2.24) is 15.5 Å². The van der Waals surface area contributed by atoms with Crippen LogP contribution in [-0.4, -0.2) is 44.1 Å². The minimum Gasteiger partial charge on any atom is -0.356 e. The van der Waals surface area contributed by atoms with Crippen molar-refractivity contribution in [2.75, 3.05) is 33.2 Å². The van der Waals surface area contributed by atoms with E-state index in [0.29, 0.717) is 12.1 Å². The lowest BCUT2D eigenvalue weighted by Gasteiger charge is -2.26. The van der Waals surface area contributed by atoms with Crippen LogP contribution in [0.2, 0.25) is 0 Å². The number of halogens is 1. The first-order chi connectivity index (χ1) is 12.2. The van der Waals surface area contributed by atoms with E-state index in [1.54, 1.807) is 20.0 Å². The van der Waals surface area contributed by atoms with Crippen molar-refractivity contribution in [2.24, 2.45) is 4.99 Å². The van der Waals surface area contributed by atoms with Crippen LogP contribution in [0.3, 0.4) is 0 Å². The zero-order chi connectivity index (χ0) is 17.9. The number of likely N-dealkylation sites (tertiary alicyclic amines) is 1. The number of piperidine rings is 1. The number of hydrogen-bond donors (Lipinski definition) is 2. The van der Waals surface area contributed by atoms with Gasteiger partial charge in [0.05, 0.1) is 0 Å². The van der Waals surface area contributed by atoms with E-state index in [1.165, 1.54) is 51.7 Å². The minimum atomic E-state index is -0.157. The Kier molecular flexibility index (Phi) is 8.73. The lowest BCUT2D eigenvalue weighted by atomic mass is 10.1. The predicted molar refractivity (Wildman–Crippen MR) is 103 cm³/mol. The fourth-order valence-corrected chi connectivity index (χ4v) is 3.18. The van der Waals surface area contributed by atoms with Crippen LogP contribution >= 0.6 is 0 Å². The van der Waals surface area contributed by atoms with Crippen LogP contribution in [0.15, 0.2) is 23.2 Å². The number of guanidine groups is 1. The van der Waals surface area contributed by atoms with E-state index in [-0.39, 0.29) is 5.82 Å². The molecule has 25 heavy (non-hydrogen) atoms. The first-order valence-electron chi connectivity index (χ1n) is 9.61. The number of aliphatic imine (C=N–C) groups is 1. The van der Waals surface area contributed by atoms with Crippen molar-refractivity contribution in [1.29, 1.82) is 0 Å². The summed E-state index contributed by atoms with van der Waals surface area (Å²) in [7, 11) is 1.77. The van der Waals surface area contributed by atoms with Crippen LogP contribution in [0.5, 0.6) is 0 Å². The van der Waals surface area contributed by atoms with Crippen LogP contribution in [0.25, 0.3) is 0 Å². The molecule has 4 nitrogen and oxygen atoms in total. The Bertz CT molecular complexity index is 538. The van der Waals surface area contributed by atoms with E-state index in [2.05, 4.69) is 20.5 Å². The van der Waals surface area contributed by atoms with Gasteiger partial charge in [-0.25, -0.2) is 4.39 Å². The van der Waals surface area contributed by atoms with Crippen LogP contribution < -0.4 is 10.6 Å². The molecule has 1 aromatic carbocycles. The van der Waals surface area contributed by atoms with Gasteiger partial charge in [0.25, 0.3) is 0 Å². The molecule has 1 aliphatic heterocycles. The average molecular weight is 349 g/mol. The van der Waals surface area contributed by atoms with Gasteiger partial charge in [0, 0.05) is 20.1 Å². The number of nitrogens with one attached hydrogen (secondary N) is 2. The Balaban J connectivity index is 1.56. The summed E-state index contributed by atoms with van der Waals surface area (Å²) in [5.74, 6) is 0.618. The molecule has 0 atom stereocenters. The Hall–Kier alpha value is -1.62. The molecule has 0 aromatic heterocycles. The third-order valence-electron chi connectivity index (χ3n) is 4.81. The quantitative estimate of drug-likeness (QED) is 0.429. The largest absolute Gasteiger partial charge is 0.356 e. The molecule has 1 saturated heterocycles. The predicted octanol–water partition coefficient (Wildman–Crippen LogP) is 3.46. The summed E-state index contributed by atoms with van der Waals surface area (Å²) >= 11 is 0. The molecule has 0 saturated carbocycles. The van der Waals surface area contributed by atoms with Crippen molar-refractivity contribution in [3.8, 4) is 0 Å². The van der Waals surface area contributed by atoms with Crippen LogP contribution in [0.4, 0.5) is 4.39 Å². The van der Waals surface area contributed by atoms with Gasteiger partial charge >= 0.3 is 0 Å². The summed E-state index contributed by atoms with van der Waals surface area (Å²) < 4.78 is 13.6. The summed E-state index contributed by atoms with van der Waals surface area (Å²) in [4.78, 5) is 6.82. The molecule has 1 aliphatic rings. The third-order valence-corrected chi connectivity index (χ3v) is 4.81. The molecule has 0 radical (unpaired) electrons. The third kappa shape index (κ3) is 7.43. The molecule has 1 fully saturated rings. The molecule has 0 spiro atoms. The SMILES string of the molecule is CN=C(NCCCCCN1CCCCC1)NCc1ccc(C)c(F)c1. The Labute approximate surface area is 151 Å². The first-order valence-corrected chi connectivity index (χ1v) is 9.61. The second kappa shape index (κ2) is 11.1. The van der Waals surface area contributed by atoms with E-state index < -0.39 is 0 Å². The molecular weight excluding hydrogens is 315 g/mol. The highest BCUT2D eigenvalue weighted by Gasteiger charge is 2.08. The molecule has 2 N–H and O–H groups in total. The monoisotopic (exact) mass is 348 g/mol. The lowest BCUT2D eigenvalue weighted by Crippen LogP contribution is -2.37. The van der Waals surface area contributed by atoms with Gasteiger partial charge in [-0.3, -0.25) is 4.99 Å².